The summed E-state index contributed by atoms with van der Waals surface area (Å²) < 4.78 is 0. The molecule has 0 atom stereocenters. The third-order valence-corrected chi connectivity index (χ3v) is 4.83. The van der Waals surface area contributed by atoms with Crippen LogP contribution in [0.2, 0.25) is 0 Å². The van der Waals surface area contributed by atoms with Crippen LogP contribution in [-0.4, -0.2) is 33.1 Å². The second kappa shape index (κ2) is 5.01. The van der Waals surface area contributed by atoms with Gasteiger partial charge in [-0.3, -0.25) is 0 Å². The molecular formula is C17H19N2S+. The lowest BCUT2D eigenvalue weighted by Crippen LogP contribution is -2.13. The van der Waals surface area contributed by atoms with Crippen LogP contribution in [0.1, 0.15) is 5.56 Å². The molecule has 0 saturated carbocycles. The molecule has 0 spiro atoms. The van der Waals surface area contributed by atoms with Crippen LogP contribution in [0, 0.1) is 6.08 Å². The number of hydrogen-bond acceptors (Lipinski definition) is 3. The molecule has 1 aliphatic heterocycles. The van der Waals surface area contributed by atoms with E-state index in [1.807, 2.05) is 11.8 Å². The van der Waals surface area contributed by atoms with E-state index in [4.69, 9.17) is 0 Å². The quantitative estimate of drug-likeness (QED) is 0.767. The van der Waals surface area contributed by atoms with E-state index < -0.39 is 0 Å². The second-order valence-corrected chi connectivity index (χ2v) is 6.64. The van der Waals surface area contributed by atoms with Crippen LogP contribution in [0.5, 0.6) is 0 Å². The van der Waals surface area contributed by atoms with Crippen molar-refractivity contribution in [3.05, 3.63) is 58.2 Å². The Kier molecular flexibility index (Phi) is 3.33. The van der Waals surface area contributed by atoms with Crippen LogP contribution in [0.15, 0.2) is 51.4 Å². The fraction of sp³-hybridized carbons (Fsp3) is 0.294. The van der Waals surface area contributed by atoms with Gasteiger partial charge in [0.1, 0.15) is 22.3 Å². The first kappa shape index (κ1) is 13.3. The Labute approximate surface area is 125 Å². The van der Waals surface area contributed by atoms with Crippen LogP contribution >= 0.6 is 11.8 Å². The number of likely N-dealkylation sites (N-methyl/N-ethyl adjacent to an activating group) is 1. The lowest BCUT2D eigenvalue weighted by molar-refractivity contribution is 0.528. The van der Waals surface area contributed by atoms with Gasteiger partial charge in [0.25, 0.3) is 0 Å². The molecule has 0 unspecified atom stereocenters. The molecule has 0 saturated heterocycles. The smallest absolute Gasteiger partial charge is 0.149 e. The van der Waals surface area contributed by atoms with Crippen molar-refractivity contribution in [2.75, 3.05) is 33.1 Å². The molecule has 1 aliphatic carbocycles. The van der Waals surface area contributed by atoms with Crippen molar-refractivity contribution in [2.24, 2.45) is 0 Å². The molecule has 2 nitrogen and oxygen atoms in total. The number of anilines is 1. The van der Waals surface area contributed by atoms with E-state index >= 15 is 0 Å². The number of allylic oxidation sites excluding steroid dienone is 4. The SMILES string of the molecule is CN(C)C1=CC2=C([C+]=C1)Cc1ccc(N(C)C)cc1S2. The zero-order valence-corrected chi connectivity index (χ0v) is 13.2. The Bertz CT molecular complexity index is 636. The van der Waals surface area contributed by atoms with E-state index in [1.54, 1.807) is 0 Å². The maximum atomic E-state index is 3.44. The summed E-state index contributed by atoms with van der Waals surface area (Å²) in [6.45, 7) is 0. The highest BCUT2D eigenvalue weighted by Gasteiger charge is 2.27. The first-order valence-corrected chi connectivity index (χ1v) is 7.56. The van der Waals surface area contributed by atoms with E-state index in [2.05, 4.69) is 74.4 Å². The number of rotatable bonds is 2. The van der Waals surface area contributed by atoms with Crippen molar-refractivity contribution in [2.45, 2.75) is 11.3 Å². The van der Waals surface area contributed by atoms with Gasteiger partial charge >= 0.3 is 0 Å². The van der Waals surface area contributed by atoms with Crippen LogP contribution in [0.4, 0.5) is 5.69 Å². The van der Waals surface area contributed by atoms with Crippen LogP contribution in [0.3, 0.4) is 0 Å². The molecule has 0 N–H and O–H groups in total. The molecule has 3 heteroatoms. The van der Waals surface area contributed by atoms with E-state index in [-0.39, 0.29) is 0 Å². The van der Waals surface area contributed by atoms with Gasteiger partial charge in [0.2, 0.25) is 0 Å². The lowest BCUT2D eigenvalue weighted by atomic mass is 10.00. The Morgan fingerprint density at radius 3 is 2.60 bits per heavy atom. The Morgan fingerprint density at radius 1 is 1.10 bits per heavy atom. The lowest BCUT2D eigenvalue weighted by Gasteiger charge is -2.20. The minimum absolute atomic E-state index is 0.985. The molecule has 102 valence electrons. The van der Waals surface area contributed by atoms with E-state index in [9.17, 15) is 0 Å². The molecule has 1 aromatic rings. The predicted molar refractivity (Wildman–Crippen MR) is 86.9 cm³/mol. The summed E-state index contributed by atoms with van der Waals surface area (Å²) in [7, 11) is 8.31. The van der Waals surface area contributed by atoms with Crippen molar-refractivity contribution in [1.29, 1.82) is 0 Å². The van der Waals surface area contributed by atoms with Crippen molar-refractivity contribution < 1.29 is 0 Å². The Hall–Kier alpha value is -1.70. The zero-order valence-electron chi connectivity index (χ0n) is 12.4. The first-order chi connectivity index (χ1) is 9.54. The maximum absolute atomic E-state index is 3.44. The summed E-state index contributed by atoms with van der Waals surface area (Å²) in [6.07, 6.45) is 8.78. The number of fused-ring (bicyclic) bond motifs is 1. The Balaban J connectivity index is 1.95. The largest absolute Gasteiger partial charge is 0.378 e. The van der Waals surface area contributed by atoms with Crippen molar-refractivity contribution in [3.63, 3.8) is 0 Å². The Morgan fingerprint density at radius 2 is 1.90 bits per heavy atom. The highest BCUT2D eigenvalue weighted by molar-refractivity contribution is 8.03. The van der Waals surface area contributed by atoms with Crippen molar-refractivity contribution in [3.8, 4) is 0 Å². The number of thioether (sulfide) groups is 1. The summed E-state index contributed by atoms with van der Waals surface area (Å²) in [5, 5.41) is 0. The summed E-state index contributed by atoms with van der Waals surface area (Å²) in [5.74, 6) is 0. The van der Waals surface area contributed by atoms with Gasteiger partial charge in [-0.15, -0.1) is 0 Å². The molecule has 1 heterocycles. The molecule has 3 rings (SSSR count). The van der Waals surface area contributed by atoms with Gasteiger partial charge in [0.05, 0.1) is 6.08 Å². The van der Waals surface area contributed by atoms with Gasteiger partial charge in [-0.25, -0.2) is 0 Å². The standard InChI is InChI=1S/C17H19N2S/c1-18(2)14-7-5-12-9-13-6-8-15(19(3)4)11-17(13)20-16(12)10-14/h5,7-8,10-11H,9H2,1-4H3/q+1. The summed E-state index contributed by atoms with van der Waals surface area (Å²) in [4.78, 5) is 6.98. The van der Waals surface area contributed by atoms with Gasteiger partial charge in [-0.05, 0) is 29.5 Å². The first-order valence-electron chi connectivity index (χ1n) is 6.74. The molecule has 2 aliphatic rings. The maximum Gasteiger partial charge on any atom is 0.149 e. The van der Waals surface area contributed by atoms with Gasteiger partial charge in [0, 0.05) is 51.3 Å². The van der Waals surface area contributed by atoms with Crippen molar-refractivity contribution in [1.82, 2.24) is 4.90 Å². The van der Waals surface area contributed by atoms with Crippen LogP contribution in [-0.2, 0) is 6.42 Å². The van der Waals surface area contributed by atoms with E-state index in [0.29, 0.717) is 0 Å². The summed E-state index contributed by atoms with van der Waals surface area (Å²) in [5.41, 5.74) is 5.18. The van der Waals surface area contributed by atoms with Gasteiger partial charge in [-0.2, -0.15) is 0 Å². The van der Waals surface area contributed by atoms with E-state index in [0.717, 1.165) is 6.42 Å². The highest BCUT2D eigenvalue weighted by Crippen LogP contribution is 2.42. The van der Waals surface area contributed by atoms with Crippen molar-refractivity contribution >= 4 is 17.4 Å². The van der Waals surface area contributed by atoms with E-state index in [1.165, 1.54) is 32.3 Å². The molecule has 0 amide bonds. The molecular weight excluding hydrogens is 264 g/mol. The monoisotopic (exact) mass is 283 g/mol. The average molecular weight is 283 g/mol. The van der Waals surface area contributed by atoms with Gasteiger partial charge in [-0.1, -0.05) is 6.07 Å². The number of hydrogen-bond donors (Lipinski definition) is 0. The third-order valence-electron chi connectivity index (χ3n) is 3.64. The molecule has 1 aromatic carbocycles. The summed E-state index contributed by atoms with van der Waals surface area (Å²) in [6, 6.07) is 6.72. The summed E-state index contributed by atoms with van der Waals surface area (Å²) >= 11 is 1.86. The number of benzene rings is 1. The minimum atomic E-state index is 0.985. The predicted octanol–water partition coefficient (Wildman–Crippen LogP) is 3.47. The average Bonchev–Trinajstić information content (AvgIpc) is 2.43. The normalized spacial score (nSPS) is 16.1. The van der Waals surface area contributed by atoms with Crippen LogP contribution in [0.25, 0.3) is 0 Å². The number of nitrogens with zero attached hydrogens (tertiary/aromatic N) is 2. The third kappa shape index (κ3) is 2.35. The van der Waals surface area contributed by atoms with Gasteiger partial charge < -0.3 is 9.80 Å². The highest BCUT2D eigenvalue weighted by atomic mass is 32.2. The topological polar surface area (TPSA) is 6.48 Å². The fourth-order valence-electron chi connectivity index (χ4n) is 2.35. The van der Waals surface area contributed by atoms with Gasteiger partial charge in [0.15, 0.2) is 0 Å². The zero-order chi connectivity index (χ0) is 14.3. The molecule has 0 fully saturated rings. The molecule has 20 heavy (non-hydrogen) atoms. The fourth-order valence-corrected chi connectivity index (χ4v) is 3.48. The molecule has 0 aromatic heterocycles. The van der Waals surface area contributed by atoms with Crippen LogP contribution < -0.4 is 4.90 Å². The molecule has 0 bridgehead atoms. The second-order valence-electron chi connectivity index (χ2n) is 5.56. The minimum Gasteiger partial charge on any atom is -0.378 e. The molecule has 0 radical (unpaired) electrons.